The Morgan fingerprint density at radius 3 is 2.60 bits per heavy atom. The van der Waals surface area contributed by atoms with Gasteiger partial charge in [-0.05, 0) is 37.3 Å². The van der Waals surface area contributed by atoms with Crippen molar-refractivity contribution in [3.05, 3.63) is 59.7 Å². The quantitative estimate of drug-likeness (QED) is 0.613. The molecule has 0 heterocycles. The predicted octanol–water partition coefficient (Wildman–Crippen LogP) is 3.95. The lowest BCUT2D eigenvalue weighted by molar-refractivity contribution is -0.114. The first-order valence-corrected chi connectivity index (χ1v) is 7.95. The maximum Gasteiger partial charge on any atom is 0.221 e. The number of carbonyl (C=O) groups excluding carboxylic acids is 2. The molecule has 0 unspecified atom stereocenters. The average Bonchev–Trinajstić information content (AvgIpc) is 2.59. The molecular weight excluding hydrogens is 318 g/mol. The van der Waals surface area contributed by atoms with Crippen molar-refractivity contribution in [3.63, 3.8) is 0 Å². The van der Waals surface area contributed by atoms with Crippen molar-refractivity contribution < 1.29 is 19.1 Å². The number of ketones is 1. The minimum Gasteiger partial charge on any atom is -0.492 e. The van der Waals surface area contributed by atoms with E-state index in [1.807, 2.05) is 25.1 Å². The van der Waals surface area contributed by atoms with Gasteiger partial charge >= 0.3 is 0 Å². The fraction of sp³-hybridized carbons (Fsp3) is 0.200. The van der Waals surface area contributed by atoms with Gasteiger partial charge in [-0.2, -0.15) is 0 Å². The first-order valence-electron chi connectivity index (χ1n) is 7.95. The third-order valence-electron chi connectivity index (χ3n) is 3.40. The Balaban J connectivity index is 2.23. The van der Waals surface area contributed by atoms with Crippen molar-refractivity contribution in [1.29, 1.82) is 0 Å². The Bertz CT molecular complexity index is 796. The normalized spacial score (nSPS) is 10.5. The SMILES string of the molecule is CCOc1cccc(C=CC(=O)c2cccc(NC(C)=O)c2)c1OC. The fourth-order valence-corrected chi connectivity index (χ4v) is 2.37. The minimum atomic E-state index is -0.183. The standard InChI is InChI=1S/C20H21NO4/c1-4-25-19-10-6-7-15(20(19)24-3)11-12-18(23)16-8-5-9-17(13-16)21-14(2)22/h5-13H,4H2,1-3H3,(H,21,22). The molecule has 2 rings (SSSR count). The van der Waals surface area contributed by atoms with Crippen LogP contribution in [0.4, 0.5) is 5.69 Å². The number of anilines is 1. The summed E-state index contributed by atoms with van der Waals surface area (Å²) >= 11 is 0. The monoisotopic (exact) mass is 339 g/mol. The number of allylic oxidation sites excluding steroid dienone is 1. The molecule has 0 fully saturated rings. The molecule has 0 saturated carbocycles. The van der Waals surface area contributed by atoms with Gasteiger partial charge in [0.05, 0.1) is 13.7 Å². The lowest BCUT2D eigenvalue weighted by Gasteiger charge is -2.11. The summed E-state index contributed by atoms with van der Waals surface area (Å²) in [6.07, 6.45) is 3.16. The number of nitrogens with one attached hydrogen (secondary N) is 1. The van der Waals surface area contributed by atoms with E-state index in [1.165, 1.54) is 13.0 Å². The molecule has 0 aromatic heterocycles. The molecule has 0 aliphatic heterocycles. The molecule has 0 spiro atoms. The third-order valence-corrected chi connectivity index (χ3v) is 3.40. The second-order valence-electron chi connectivity index (χ2n) is 5.27. The topological polar surface area (TPSA) is 64.6 Å². The zero-order chi connectivity index (χ0) is 18.2. The van der Waals surface area contributed by atoms with E-state index in [0.29, 0.717) is 29.4 Å². The van der Waals surface area contributed by atoms with Crippen LogP contribution in [0.5, 0.6) is 11.5 Å². The fourth-order valence-electron chi connectivity index (χ4n) is 2.37. The number of para-hydroxylation sites is 1. The summed E-state index contributed by atoms with van der Waals surface area (Å²) < 4.78 is 10.9. The summed E-state index contributed by atoms with van der Waals surface area (Å²) in [6, 6.07) is 12.3. The van der Waals surface area contributed by atoms with Gasteiger partial charge < -0.3 is 14.8 Å². The molecule has 25 heavy (non-hydrogen) atoms. The van der Waals surface area contributed by atoms with Gasteiger partial charge in [-0.3, -0.25) is 9.59 Å². The summed E-state index contributed by atoms with van der Waals surface area (Å²) in [5.74, 6) is 0.862. The van der Waals surface area contributed by atoms with Gasteiger partial charge in [-0.25, -0.2) is 0 Å². The summed E-state index contributed by atoms with van der Waals surface area (Å²) in [6.45, 7) is 3.85. The van der Waals surface area contributed by atoms with Crippen molar-refractivity contribution >= 4 is 23.5 Å². The van der Waals surface area contributed by atoms with Gasteiger partial charge in [-0.15, -0.1) is 0 Å². The van der Waals surface area contributed by atoms with Crippen molar-refractivity contribution in [2.24, 2.45) is 0 Å². The van der Waals surface area contributed by atoms with E-state index in [9.17, 15) is 9.59 Å². The molecule has 1 N–H and O–H groups in total. The molecule has 130 valence electrons. The highest BCUT2D eigenvalue weighted by atomic mass is 16.5. The number of hydrogen-bond donors (Lipinski definition) is 1. The highest BCUT2D eigenvalue weighted by Crippen LogP contribution is 2.32. The van der Waals surface area contributed by atoms with E-state index >= 15 is 0 Å². The van der Waals surface area contributed by atoms with Crippen LogP contribution < -0.4 is 14.8 Å². The summed E-state index contributed by atoms with van der Waals surface area (Å²) in [5.41, 5.74) is 1.82. The van der Waals surface area contributed by atoms with Crippen molar-refractivity contribution in [2.45, 2.75) is 13.8 Å². The zero-order valence-corrected chi connectivity index (χ0v) is 14.5. The first-order chi connectivity index (χ1) is 12.0. The van der Waals surface area contributed by atoms with E-state index in [0.717, 1.165) is 5.56 Å². The molecule has 5 heteroatoms. The average molecular weight is 339 g/mol. The number of benzene rings is 2. The molecule has 0 bridgehead atoms. The number of hydrogen-bond acceptors (Lipinski definition) is 4. The van der Waals surface area contributed by atoms with E-state index in [2.05, 4.69) is 5.32 Å². The second kappa shape index (κ2) is 8.68. The van der Waals surface area contributed by atoms with Crippen molar-refractivity contribution in [1.82, 2.24) is 0 Å². The summed E-state index contributed by atoms with van der Waals surface area (Å²) in [4.78, 5) is 23.5. The molecule has 5 nitrogen and oxygen atoms in total. The van der Waals surface area contributed by atoms with Crippen LogP contribution in [0.15, 0.2) is 48.5 Å². The zero-order valence-electron chi connectivity index (χ0n) is 14.5. The Hall–Kier alpha value is -3.08. The number of amides is 1. The second-order valence-corrected chi connectivity index (χ2v) is 5.27. The number of carbonyl (C=O) groups is 2. The third kappa shape index (κ3) is 4.94. The molecule has 1 amide bonds. The number of methoxy groups -OCH3 is 1. The van der Waals surface area contributed by atoms with Crippen molar-refractivity contribution in [2.75, 3.05) is 19.0 Å². The van der Waals surface area contributed by atoms with Gasteiger partial charge in [0.15, 0.2) is 17.3 Å². The van der Waals surface area contributed by atoms with Crippen molar-refractivity contribution in [3.8, 4) is 11.5 Å². The van der Waals surface area contributed by atoms with Gasteiger partial charge in [0.25, 0.3) is 0 Å². The van der Waals surface area contributed by atoms with Crippen LogP contribution in [0.25, 0.3) is 6.08 Å². The molecule has 0 saturated heterocycles. The highest BCUT2D eigenvalue weighted by Gasteiger charge is 2.09. The Morgan fingerprint density at radius 2 is 1.92 bits per heavy atom. The molecule has 0 radical (unpaired) electrons. The smallest absolute Gasteiger partial charge is 0.221 e. The van der Waals surface area contributed by atoms with Crippen LogP contribution in [-0.4, -0.2) is 25.4 Å². The largest absolute Gasteiger partial charge is 0.492 e. The van der Waals surface area contributed by atoms with Crippen LogP contribution in [0.2, 0.25) is 0 Å². The Kier molecular flexibility index (Phi) is 6.34. The van der Waals surface area contributed by atoms with Gasteiger partial charge in [0, 0.05) is 23.7 Å². The van der Waals surface area contributed by atoms with E-state index in [1.54, 1.807) is 37.5 Å². The van der Waals surface area contributed by atoms with E-state index in [-0.39, 0.29) is 11.7 Å². The van der Waals surface area contributed by atoms with Crippen LogP contribution in [0, 0.1) is 0 Å². The number of ether oxygens (including phenoxy) is 2. The molecule has 0 aliphatic carbocycles. The van der Waals surface area contributed by atoms with E-state index in [4.69, 9.17) is 9.47 Å². The van der Waals surface area contributed by atoms with Crippen LogP contribution >= 0.6 is 0 Å². The molecular formula is C20H21NO4. The minimum absolute atomic E-state index is 0.170. The molecule has 0 atom stereocenters. The predicted molar refractivity (Wildman–Crippen MR) is 98.3 cm³/mol. The summed E-state index contributed by atoms with van der Waals surface area (Å²) in [5, 5.41) is 2.66. The summed E-state index contributed by atoms with van der Waals surface area (Å²) in [7, 11) is 1.56. The molecule has 0 aliphatic rings. The van der Waals surface area contributed by atoms with Gasteiger partial charge in [0.2, 0.25) is 5.91 Å². The maximum absolute atomic E-state index is 12.4. The highest BCUT2D eigenvalue weighted by molar-refractivity contribution is 6.07. The lowest BCUT2D eigenvalue weighted by atomic mass is 10.1. The molecule has 2 aromatic carbocycles. The van der Waals surface area contributed by atoms with E-state index < -0.39 is 0 Å². The van der Waals surface area contributed by atoms with Crippen LogP contribution in [0.1, 0.15) is 29.8 Å². The number of rotatable bonds is 7. The molecule has 2 aromatic rings. The first kappa shape index (κ1) is 18.3. The maximum atomic E-state index is 12.4. The van der Waals surface area contributed by atoms with Gasteiger partial charge in [0.1, 0.15) is 0 Å². The Labute approximate surface area is 147 Å². The van der Waals surface area contributed by atoms with Crippen LogP contribution in [0.3, 0.4) is 0 Å². The van der Waals surface area contributed by atoms with Crippen LogP contribution in [-0.2, 0) is 4.79 Å². The Morgan fingerprint density at radius 1 is 1.16 bits per heavy atom. The van der Waals surface area contributed by atoms with Gasteiger partial charge in [-0.1, -0.05) is 24.3 Å². The lowest BCUT2D eigenvalue weighted by Crippen LogP contribution is -2.06.